The van der Waals surface area contributed by atoms with Gasteiger partial charge in [-0.1, -0.05) is 104 Å². The molecule has 0 aliphatic carbocycles. The molecule has 1 heterocycles. The van der Waals surface area contributed by atoms with Crippen molar-refractivity contribution in [1.29, 1.82) is 0 Å². The van der Waals surface area contributed by atoms with Crippen molar-refractivity contribution in [3.63, 3.8) is 0 Å². The first-order valence-corrected chi connectivity index (χ1v) is 10.2. The van der Waals surface area contributed by atoms with Crippen LogP contribution in [0.4, 0.5) is 5.69 Å². The van der Waals surface area contributed by atoms with Gasteiger partial charge in [-0.05, 0) is 36.1 Å². The van der Waals surface area contributed by atoms with E-state index in [4.69, 9.17) is 4.99 Å². The maximum absolute atomic E-state index is 5.14. The SMILES string of the molecule is Cc1cccc(C)c1N=C1SC(c2ccccc2)(c2ccccc2)C1(C)C. The molecule has 4 rings (SSSR count). The summed E-state index contributed by atoms with van der Waals surface area (Å²) in [6.07, 6.45) is 0. The molecular formula is C25H25NS. The van der Waals surface area contributed by atoms with E-state index in [1.54, 1.807) is 0 Å². The van der Waals surface area contributed by atoms with Gasteiger partial charge in [0.1, 0.15) is 0 Å². The number of rotatable bonds is 3. The molecule has 0 unspecified atom stereocenters. The van der Waals surface area contributed by atoms with Gasteiger partial charge in [0.15, 0.2) is 0 Å². The van der Waals surface area contributed by atoms with Crippen molar-refractivity contribution in [1.82, 2.24) is 0 Å². The molecule has 1 fully saturated rings. The summed E-state index contributed by atoms with van der Waals surface area (Å²) >= 11 is 1.90. The predicted molar refractivity (Wildman–Crippen MR) is 118 cm³/mol. The molecule has 0 aromatic heterocycles. The van der Waals surface area contributed by atoms with Crippen molar-refractivity contribution in [2.24, 2.45) is 10.4 Å². The number of aliphatic imine (C=N–C) groups is 1. The van der Waals surface area contributed by atoms with Crippen LogP contribution < -0.4 is 0 Å². The first-order chi connectivity index (χ1) is 13.0. The molecule has 136 valence electrons. The van der Waals surface area contributed by atoms with Crippen LogP contribution in [-0.2, 0) is 4.75 Å². The summed E-state index contributed by atoms with van der Waals surface area (Å²) in [4.78, 5) is 5.14. The van der Waals surface area contributed by atoms with E-state index >= 15 is 0 Å². The first-order valence-electron chi connectivity index (χ1n) is 9.42. The maximum Gasteiger partial charge on any atom is 0.0828 e. The van der Waals surface area contributed by atoms with E-state index in [9.17, 15) is 0 Å². The molecule has 1 aliphatic rings. The molecule has 0 amide bonds. The smallest absolute Gasteiger partial charge is 0.0828 e. The van der Waals surface area contributed by atoms with Crippen LogP contribution >= 0.6 is 11.8 Å². The molecule has 0 N–H and O–H groups in total. The molecule has 0 spiro atoms. The molecular weight excluding hydrogens is 346 g/mol. The zero-order valence-electron chi connectivity index (χ0n) is 16.4. The third-order valence-electron chi connectivity index (χ3n) is 5.68. The molecule has 27 heavy (non-hydrogen) atoms. The molecule has 0 atom stereocenters. The number of aryl methyl sites for hydroxylation is 2. The third kappa shape index (κ3) is 2.74. The highest BCUT2D eigenvalue weighted by atomic mass is 32.2. The van der Waals surface area contributed by atoms with E-state index in [2.05, 4.69) is 107 Å². The second-order valence-electron chi connectivity index (χ2n) is 7.80. The zero-order chi connectivity index (χ0) is 19.1. The molecule has 0 saturated carbocycles. The summed E-state index contributed by atoms with van der Waals surface area (Å²) in [5, 5.41) is 1.20. The van der Waals surface area contributed by atoms with Gasteiger partial charge < -0.3 is 0 Å². The number of hydrogen-bond acceptors (Lipinski definition) is 2. The Morgan fingerprint density at radius 3 is 1.59 bits per heavy atom. The third-order valence-corrected chi connectivity index (χ3v) is 7.76. The fourth-order valence-electron chi connectivity index (χ4n) is 4.10. The normalized spacial score (nSPS) is 18.9. The second-order valence-corrected chi connectivity index (χ2v) is 9.00. The van der Waals surface area contributed by atoms with E-state index < -0.39 is 0 Å². The van der Waals surface area contributed by atoms with E-state index in [0.717, 1.165) is 5.69 Å². The highest BCUT2D eigenvalue weighted by Crippen LogP contribution is 2.66. The quantitative estimate of drug-likeness (QED) is 0.480. The lowest BCUT2D eigenvalue weighted by Gasteiger charge is -2.56. The Balaban J connectivity index is 1.86. The summed E-state index contributed by atoms with van der Waals surface area (Å²) in [6.45, 7) is 8.95. The molecule has 3 aromatic rings. The fourth-order valence-corrected chi connectivity index (χ4v) is 5.64. The summed E-state index contributed by atoms with van der Waals surface area (Å²) in [5.41, 5.74) is 6.17. The number of para-hydroxylation sites is 1. The molecule has 0 bridgehead atoms. The zero-order valence-corrected chi connectivity index (χ0v) is 17.2. The Morgan fingerprint density at radius 1 is 0.667 bits per heavy atom. The van der Waals surface area contributed by atoms with Crippen molar-refractivity contribution < 1.29 is 0 Å². The number of thioether (sulfide) groups is 1. The van der Waals surface area contributed by atoms with Crippen molar-refractivity contribution in [2.75, 3.05) is 0 Å². The van der Waals surface area contributed by atoms with E-state index in [0.29, 0.717) is 0 Å². The van der Waals surface area contributed by atoms with Crippen LogP contribution in [0.25, 0.3) is 0 Å². The highest BCUT2D eigenvalue weighted by Gasteiger charge is 2.61. The standard InChI is InChI=1S/C25H25NS/c1-18-12-11-13-19(2)22(18)26-23-24(3,4)25(27-23,20-14-7-5-8-15-20)21-16-9-6-10-17-21/h5-17H,1-4H3. The van der Waals surface area contributed by atoms with Crippen molar-refractivity contribution in [2.45, 2.75) is 32.4 Å². The van der Waals surface area contributed by atoms with Crippen LogP contribution in [-0.4, -0.2) is 5.04 Å². The lowest BCUT2D eigenvalue weighted by molar-refractivity contribution is 0.401. The Morgan fingerprint density at radius 2 is 1.15 bits per heavy atom. The van der Waals surface area contributed by atoms with Gasteiger partial charge in [0, 0.05) is 5.41 Å². The topological polar surface area (TPSA) is 12.4 Å². The van der Waals surface area contributed by atoms with Gasteiger partial charge in [-0.25, -0.2) is 4.99 Å². The van der Waals surface area contributed by atoms with E-state index in [1.807, 2.05) is 11.8 Å². The second kappa shape index (κ2) is 6.69. The van der Waals surface area contributed by atoms with Crippen LogP contribution in [0.5, 0.6) is 0 Å². The van der Waals surface area contributed by atoms with Crippen molar-refractivity contribution in [3.8, 4) is 0 Å². The summed E-state index contributed by atoms with van der Waals surface area (Å²) in [6, 6.07) is 28.1. The molecule has 1 nitrogen and oxygen atoms in total. The van der Waals surface area contributed by atoms with Crippen LogP contribution in [0.3, 0.4) is 0 Å². The maximum atomic E-state index is 5.14. The summed E-state index contributed by atoms with van der Waals surface area (Å²) in [7, 11) is 0. The average molecular weight is 372 g/mol. The van der Waals surface area contributed by atoms with Crippen LogP contribution in [0.2, 0.25) is 0 Å². The van der Waals surface area contributed by atoms with Gasteiger partial charge in [0.05, 0.1) is 15.5 Å². The van der Waals surface area contributed by atoms with Crippen LogP contribution in [0.1, 0.15) is 36.1 Å². The van der Waals surface area contributed by atoms with Gasteiger partial charge in [-0.2, -0.15) is 0 Å². The van der Waals surface area contributed by atoms with Crippen LogP contribution in [0, 0.1) is 19.3 Å². The summed E-state index contributed by atoms with van der Waals surface area (Å²) < 4.78 is -0.120. The predicted octanol–water partition coefficient (Wildman–Crippen LogP) is 7.05. The van der Waals surface area contributed by atoms with Gasteiger partial charge in [0.25, 0.3) is 0 Å². The molecule has 3 aromatic carbocycles. The van der Waals surface area contributed by atoms with Gasteiger partial charge in [-0.15, -0.1) is 0 Å². The lowest BCUT2D eigenvalue weighted by Crippen LogP contribution is -2.54. The Labute approximate surface area is 166 Å². The number of hydrogen-bond donors (Lipinski definition) is 0. The minimum Gasteiger partial charge on any atom is -0.245 e. The number of benzene rings is 3. The minimum atomic E-state index is -0.120. The van der Waals surface area contributed by atoms with Gasteiger partial charge >= 0.3 is 0 Å². The average Bonchev–Trinajstić information content (AvgIpc) is 2.68. The van der Waals surface area contributed by atoms with Gasteiger partial charge in [-0.3, -0.25) is 0 Å². The van der Waals surface area contributed by atoms with Crippen LogP contribution in [0.15, 0.2) is 83.9 Å². The Hall–Kier alpha value is -2.32. The van der Waals surface area contributed by atoms with E-state index in [-0.39, 0.29) is 10.2 Å². The Bertz CT molecular complexity index is 928. The summed E-state index contributed by atoms with van der Waals surface area (Å²) in [5.74, 6) is 0. The highest BCUT2D eigenvalue weighted by molar-refractivity contribution is 8.17. The van der Waals surface area contributed by atoms with Gasteiger partial charge in [0.2, 0.25) is 0 Å². The molecule has 0 radical (unpaired) electrons. The largest absolute Gasteiger partial charge is 0.245 e. The molecule has 1 aliphatic heterocycles. The minimum absolute atomic E-state index is 0.0882. The molecule has 1 saturated heterocycles. The first kappa shape index (κ1) is 18.1. The van der Waals surface area contributed by atoms with E-state index in [1.165, 1.54) is 27.3 Å². The fraction of sp³-hybridized carbons (Fsp3) is 0.240. The monoisotopic (exact) mass is 371 g/mol. The Kier molecular flexibility index (Phi) is 4.47. The van der Waals surface area contributed by atoms with Crippen molar-refractivity contribution >= 4 is 22.5 Å². The number of nitrogens with zero attached hydrogens (tertiary/aromatic N) is 1. The molecule has 2 heteroatoms. The lowest BCUT2D eigenvalue weighted by atomic mass is 9.69. The van der Waals surface area contributed by atoms with Crippen molar-refractivity contribution in [3.05, 3.63) is 101 Å².